The Balaban J connectivity index is 1.86. The van der Waals surface area contributed by atoms with E-state index >= 15 is 0 Å². The predicted molar refractivity (Wildman–Crippen MR) is 129 cm³/mol. The highest BCUT2D eigenvalue weighted by Gasteiger charge is 2.28. The van der Waals surface area contributed by atoms with E-state index in [-0.39, 0.29) is 26.7 Å². The van der Waals surface area contributed by atoms with E-state index in [0.29, 0.717) is 0 Å². The Labute approximate surface area is 206 Å². The molecule has 0 fully saturated rings. The van der Waals surface area contributed by atoms with Crippen molar-refractivity contribution in [1.29, 1.82) is 0 Å². The molecule has 182 valence electrons. The molecule has 0 aliphatic carbocycles. The Hall–Kier alpha value is -3.67. The quantitative estimate of drug-likeness (QED) is 0.260. The van der Waals surface area contributed by atoms with Crippen LogP contribution in [0.25, 0.3) is 0 Å². The van der Waals surface area contributed by atoms with Crippen molar-refractivity contribution in [3.63, 3.8) is 0 Å². The fourth-order valence-corrected chi connectivity index (χ4v) is 4.66. The van der Waals surface area contributed by atoms with Gasteiger partial charge in [-0.15, -0.1) is 0 Å². The highest BCUT2D eigenvalue weighted by Crippen LogP contribution is 2.25. The van der Waals surface area contributed by atoms with Crippen molar-refractivity contribution in [2.45, 2.75) is 18.4 Å². The van der Waals surface area contributed by atoms with Crippen molar-refractivity contribution < 1.29 is 22.5 Å². The van der Waals surface area contributed by atoms with Crippen molar-refractivity contribution in [1.82, 2.24) is 9.73 Å². The van der Waals surface area contributed by atoms with Gasteiger partial charge in [0.25, 0.3) is 11.6 Å². The lowest BCUT2D eigenvalue weighted by molar-refractivity contribution is -0.385. The summed E-state index contributed by atoms with van der Waals surface area (Å²) in [6.07, 6.45) is 1.07. The van der Waals surface area contributed by atoms with Crippen LogP contribution in [-0.2, 0) is 21.4 Å². The lowest BCUT2D eigenvalue weighted by Gasteiger charge is -2.22. The van der Waals surface area contributed by atoms with Gasteiger partial charge < -0.3 is 0 Å². The van der Waals surface area contributed by atoms with E-state index in [0.717, 1.165) is 22.1 Å². The summed E-state index contributed by atoms with van der Waals surface area (Å²) < 4.78 is 41.8. The first kappa shape index (κ1) is 25.9. The van der Waals surface area contributed by atoms with E-state index in [4.69, 9.17) is 11.6 Å². The molecule has 0 bridgehead atoms. The van der Waals surface area contributed by atoms with Crippen LogP contribution in [0.15, 0.2) is 76.7 Å². The van der Waals surface area contributed by atoms with Gasteiger partial charge in [-0.05, 0) is 37.3 Å². The molecule has 0 aliphatic rings. The average molecular weight is 519 g/mol. The molecule has 1 N–H and O–H groups in total. The van der Waals surface area contributed by atoms with E-state index in [1.54, 1.807) is 25.1 Å². The van der Waals surface area contributed by atoms with Crippen LogP contribution >= 0.6 is 11.6 Å². The van der Waals surface area contributed by atoms with Crippen LogP contribution in [0.4, 0.5) is 10.1 Å². The number of sulfonamides is 1. The molecule has 0 aromatic heterocycles. The number of carbonyl (C=O) groups excluding carboxylic acids is 1. The van der Waals surface area contributed by atoms with Gasteiger partial charge in [-0.25, -0.2) is 18.2 Å². The molecule has 12 heteroatoms. The number of hydrogen-bond donors (Lipinski definition) is 1. The van der Waals surface area contributed by atoms with Crippen molar-refractivity contribution in [3.8, 4) is 0 Å². The summed E-state index contributed by atoms with van der Waals surface area (Å²) in [7, 11) is -4.23. The maximum absolute atomic E-state index is 14.4. The Morgan fingerprint density at radius 3 is 2.49 bits per heavy atom. The first-order chi connectivity index (χ1) is 16.6. The lowest BCUT2D eigenvalue weighted by Crippen LogP contribution is -2.39. The van der Waals surface area contributed by atoms with Crippen LogP contribution in [0.3, 0.4) is 0 Å². The largest absolute Gasteiger partial charge is 0.278 e. The highest BCUT2D eigenvalue weighted by molar-refractivity contribution is 7.89. The lowest BCUT2D eigenvalue weighted by atomic mass is 10.2. The van der Waals surface area contributed by atoms with Crippen molar-refractivity contribution in [2.24, 2.45) is 5.10 Å². The number of nitro benzene ring substituents is 1. The molecule has 35 heavy (non-hydrogen) atoms. The Morgan fingerprint density at radius 1 is 1.14 bits per heavy atom. The zero-order valence-corrected chi connectivity index (χ0v) is 20.0. The average Bonchev–Trinajstić information content (AvgIpc) is 2.81. The maximum atomic E-state index is 14.4. The molecule has 0 saturated carbocycles. The summed E-state index contributed by atoms with van der Waals surface area (Å²) >= 11 is 6.08. The third-order valence-corrected chi connectivity index (χ3v) is 7.06. The minimum absolute atomic E-state index is 0.00363. The molecule has 1 amide bonds. The number of para-hydroxylation sites is 1. The number of rotatable bonds is 9. The monoisotopic (exact) mass is 518 g/mol. The molecule has 0 radical (unpaired) electrons. The minimum Gasteiger partial charge on any atom is -0.272 e. The number of benzene rings is 3. The summed E-state index contributed by atoms with van der Waals surface area (Å²) in [5.74, 6) is -1.57. The zero-order valence-electron chi connectivity index (χ0n) is 18.4. The van der Waals surface area contributed by atoms with Crippen LogP contribution in [0.2, 0.25) is 5.02 Å². The molecule has 0 unspecified atom stereocenters. The summed E-state index contributed by atoms with van der Waals surface area (Å²) in [5, 5.41) is 14.8. The normalized spacial score (nSPS) is 11.7. The Morgan fingerprint density at radius 2 is 1.83 bits per heavy atom. The molecule has 3 rings (SSSR count). The Bertz CT molecular complexity index is 1360. The van der Waals surface area contributed by atoms with Gasteiger partial charge in [-0.2, -0.15) is 9.41 Å². The topological polar surface area (TPSA) is 122 Å². The molecular formula is C23H20ClFN4O5S. The molecule has 0 spiro atoms. The second-order valence-electron chi connectivity index (χ2n) is 7.40. The van der Waals surface area contributed by atoms with Crippen LogP contribution < -0.4 is 5.43 Å². The van der Waals surface area contributed by atoms with Gasteiger partial charge in [0, 0.05) is 23.2 Å². The van der Waals surface area contributed by atoms with Crippen LogP contribution in [-0.4, -0.2) is 36.3 Å². The van der Waals surface area contributed by atoms with Crippen LogP contribution in [0.1, 0.15) is 16.7 Å². The van der Waals surface area contributed by atoms with E-state index in [1.807, 2.05) is 0 Å². The number of hydrazone groups is 1. The van der Waals surface area contributed by atoms with E-state index in [9.17, 15) is 27.7 Å². The van der Waals surface area contributed by atoms with Crippen molar-refractivity contribution in [3.05, 3.63) is 104 Å². The third kappa shape index (κ3) is 6.47. The van der Waals surface area contributed by atoms with Gasteiger partial charge in [0.05, 0.1) is 28.1 Å². The maximum Gasteiger partial charge on any atom is 0.278 e. The van der Waals surface area contributed by atoms with E-state index in [1.165, 1.54) is 42.5 Å². The number of halogens is 2. The number of nitro groups is 1. The van der Waals surface area contributed by atoms with E-state index in [2.05, 4.69) is 10.5 Å². The summed E-state index contributed by atoms with van der Waals surface area (Å²) in [6, 6.07) is 15.6. The number of hydrogen-bond acceptors (Lipinski definition) is 6. The number of aryl methyl sites for hydroxylation is 1. The van der Waals surface area contributed by atoms with Gasteiger partial charge in [0.2, 0.25) is 10.0 Å². The minimum atomic E-state index is -4.23. The molecule has 0 heterocycles. The Kier molecular flexibility index (Phi) is 8.28. The first-order valence-corrected chi connectivity index (χ1v) is 12.0. The number of carbonyl (C=O) groups is 1. The number of nitrogens with one attached hydrogen (secondary N) is 1. The van der Waals surface area contributed by atoms with Gasteiger partial charge in [0.1, 0.15) is 5.82 Å². The van der Waals surface area contributed by atoms with Crippen molar-refractivity contribution >= 4 is 39.4 Å². The molecule has 0 atom stereocenters. The molecule has 0 saturated heterocycles. The van der Waals surface area contributed by atoms with Gasteiger partial charge in [0.15, 0.2) is 0 Å². The summed E-state index contributed by atoms with van der Waals surface area (Å²) in [5.41, 5.74) is 2.80. The molecule has 3 aromatic carbocycles. The standard InChI is InChI=1S/C23H20ClFN4O5S/c1-16-9-11-18(12-10-16)35(33,34)28(14-19-20(24)6-4-7-21(19)25)15-23(30)27-26-13-17-5-2-3-8-22(17)29(31)32/h2-13H,14-15H2,1H3,(H,27,30)/b26-13+. The highest BCUT2D eigenvalue weighted by atomic mass is 35.5. The molecular weight excluding hydrogens is 499 g/mol. The van der Waals surface area contributed by atoms with Crippen LogP contribution in [0.5, 0.6) is 0 Å². The molecule has 0 aliphatic heterocycles. The first-order valence-electron chi connectivity index (χ1n) is 10.1. The summed E-state index contributed by atoms with van der Waals surface area (Å²) in [6.45, 7) is 0.563. The predicted octanol–water partition coefficient (Wildman–Crippen LogP) is 4.04. The second kappa shape index (κ2) is 11.2. The smallest absolute Gasteiger partial charge is 0.272 e. The van der Waals surface area contributed by atoms with E-state index < -0.39 is 39.8 Å². The fourth-order valence-electron chi connectivity index (χ4n) is 3.08. The zero-order chi connectivity index (χ0) is 25.6. The number of nitrogens with zero attached hydrogens (tertiary/aromatic N) is 3. The van der Waals surface area contributed by atoms with Gasteiger partial charge in [-0.1, -0.05) is 47.5 Å². The SMILES string of the molecule is Cc1ccc(S(=O)(=O)N(CC(=O)N/N=C/c2ccccc2[N+](=O)[O-])Cc2c(F)cccc2Cl)cc1. The van der Waals surface area contributed by atoms with Crippen LogP contribution in [0, 0.1) is 22.9 Å². The summed E-state index contributed by atoms with van der Waals surface area (Å²) in [4.78, 5) is 23.0. The third-order valence-electron chi connectivity index (χ3n) is 4.90. The molecule has 9 nitrogen and oxygen atoms in total. The van der Waals surface area contributed by atoms with Gasteiger partial charge in [-0.3, -0.25) is 14.9 Å². The van der Waals surface area contributed by atoms with Crippen molar-refractivity contribution in [2.75, 3.05) is 6.54 Å². The second-order valence-corrected chi connectivity index (χ2v) is 9.74. The fraction of sp³-hybridized carbons (Fsp3) is 0.130. The van der Waals surface area contributed by atoms with Gasteiger partial charge >= 0.3 is 0 Å². The molecule has 3 aromatic rings. The number of amides is 1.